The first kappa shape index (κ1) is 15.6. The Balaban J connectivity index is 1.66. The van der Waals surface area contributed by atoms with Crippen LogP contribution in [0.5, 0.6) is 0 Å². The zero-order valence-electron chi connectivity index (χ0n) is 13.1. The largest absolute Gasteiger partial charge is 0.110 e. The molecule has 0 unspecified atom stereocenters. The first-order chi connectivity index (χ1) is 9.29. The average molecular weight is 280 g/mol. The van der Waals surface area contributed by atoms with Gasteiger partial charge >= 0.3 is 0 Å². The smallest absolute Gasteiger partial charge is 0.0233 e. The highest BCUT2D eigenvalue weighted by Crippen LogP contribution is 2.45. The van der Waals surface area contributed by atoms with Gasteiger partial charge in [-0.25, -0.2) is 0 Å². The lowest BCUT2D eigenvalue weighted by Gasteiger charge is -2.36. The second-order valence-corrected chi connectivity index (χ2v) is 9.49. The summed E-state index contributed by atoms with van der Waals surface area (Å²) in [6.07, 6.45) is 21.3. The van der Waals surface area contributed by atoms with Gasteiger partial charge in [-0.2, -0.15) is 0 Å². The van der Waals surface area contributed by atoms with Gasteiger partial charge in [0.1, 0.15) is 0 Å². The molecule has 1 aliphatic heterocycles. The molecule has 0 aromatic rings. The normalized spacial score (nSPS) is 36.7. The maximum absolute atomic E-state index is 2.54. The van der Waals surface area contributed by atoms with Crippen molar-refractivity contribution in [2.24, 2.45) is 17.8 Å². The Kier molecular flexibility index (Phi) is 6.92. The molecule has 110 valence electrons. The highest BCUT2D eigenvalue weighted by atomic mass is 31.1. The molecule has 1 heteroatoms. The summed E-state index contributed by atoms with van der Waals surface area (Å²) in [6, 6.07) is 0. The Hall–Kier alpha value is 0.170. The Labute approximate surface area is 122 Å². The fourth-order valence-electron chi connectivity index (χ4n) is 3.92. The molecular formula is C18H33P. The Morgan fingerprint density at radius 3 is 2.21 bits per heavy atom. The highest BCUT2D eigenvalue weighted by Gasteiger charge is 2.28. The zero-order chi connectivity index (χ0) is 13.5. The first-order valence-electron chi connectivity index (χ1n) is 8.64. The minimum absolute atomic E-state index is 0.429. The number of rotatable bonds is 5. The predicted octanol–water partition coefficient (Wildman–Crippen LogP) is 6.06. The fourth-order valence-corrected chi connectivity index (χ4v) is 5.69. The summed E-state index contributed by atoms with van der Waals surface area (Å²) in [4.78, 5) is 0. The van der Waals surface area contributed by atoms with Gasteiger partial charge in [-0.1, -0.05) is 31.9 Å². The third kappa shape index (κ3) is 5.22. The first-order valence-corrected chi connectivity index (χ1v) is 10.8. The van der Waals surface area contributed by atoms with Gasteiger partial charge in [0.05, 0.1) is 0 Å². The second kappa shape index (κ2) is 8.46. The van der Waals surface area contributed by atoms with E-state index >= 15 is 0 Å². The molecule has 2 rings (SSSR count). The molecule has 0 nitrogen and oxygen atoms in total. The van der Waals surface area contributed by atoms with Crippen LogP contribution in [0.15, 0.2) is 12.2 Å². The second-order valence-electron chi connectivity index (χ2n) is 6.89. The van der Waals surface area contributed by atoms with Crippen molar-refractivity contribution in [1.82, 2.24) is 0 Å². The number of hydrogen-bond donors (Lipinski definition) is 0. The minimum atomic E-state index is 0.429. The number of hydrogen-bond acceptors (Lipinski definition) is 0. The molecule has 1 aliphatic carbocycles. The van der Waals surface area contributed by atoms with Crippen molar-refractivity contribution in [3.05, 3.63) is 12.2 Å². The van der Waals surface area contributed by atoms with Crippen molar-refractivity contribution < 1.29 is 0 Å². The van der Waals surface area contributed by atoms with Crippen molar-refractivity contribution in [1.29, 1.82) is 0 Å². The van der Waals surface area contributed by atoms with Crippen molar-refractivity contribution in [2.75, 3.05) is 19.0 Å². The Morgan fingerprint density at radius 1 is 0.947 bits per heavy atom. The predicted molar refractivity (Wildman–Crippen MR) is 89.4 cm³/mol. The third-order valence-corrected chi connectivity index (χ3v) is 7.42. The van der Waals surface area contributed by atoms with E-state index in [1.54, 1.807) is 25.2 Å². The lowest BCUT2D eigenvalue weighted by atomic mass is 9.74. The van der Waals surface area contributed by atoms with E-state index in [2.05, 4.69) is 25.7 Å². The van der Waals surface area contributed by atoms with Crippen LogP contribution >= 0.6 is 7.92 Å². The monoisotopic (exact) mass is 280 g/mol. The van der Waals surface area contributed by atoms with Crippen LogP contribution in [0.1, 0.15) is 64.7 Å². The Morgan fingerprint density at radius 2 is 1.58 bits per heavy atom. The van der Waals surface area contributed by atoms with Gasteiger partial charge in [-0.3, -0.25) is 0 Å². The standard InChI is InChI=1S/C18H33P/c1-3-4-5-6-7-16-8-10-17(11-9-16)18-12-14-19(2)15-13-18/h6-7,16-18H,3-5,8-15H2,1-2H3/b7-6+. The summed E-state index contributed by atoms with van der Waals surface area (Å²) in [5, 5.41) is 0. The van der Waals surface area contributed by atoms with Crippen LogP contribution in [0.4, 0.5) is 0 Å². The van der Waals surface area contributed by atoms with E-state index in [4.69, 9.17) is 0 Å². The van der Waals surface area contributed by atoms with Crippen LogP contribution in [-0.2, 0) is 0 Å². The van der Waals surface area contributed by atoms with E-state index in [0.29, 0.717) is 7.92 Å². The van der Waals surface area contributed by atoms with Crippen molar-refractivity contribution in [3.63, 3.8) is 0 Å². The van der Waals surface area contributed by atoms with Crippen molar-refractivity contribution in [3.8, 4) is 0 Å². The van der Waals surface area contributed by atoms with E-state index in [9.17, 15) is 0 Å². The van der Waals surface area contributed by atoms with E-state index in [1.165, 1.54) is 44.9 Å². The van der Waals surface area contributed by atoms with Gasteiger partial charge in [0.2, 0.25) is 0 Å². The minimum Gasteiger partial charge on any atom is -0.110 e. The van der Waals surface area contributed by atoms with Crippen LogP contribution in [0.2, 0.25) is 0 Å². The van der Waals surface area contributed by atoms with Crippen molar-refractivity contribution in [2.45, 2.75) is 64.7 Å². The number of allylic oxidation sites excluding steroid dienone is 2. The van der Waals surface area contributed by atoms with Gasteiger partial charge in [-0.15, -0.1) is 7.92 Å². The van der Waals surface area contributed by atoms with Crippen LogP contribution in [0, 0.1) is 17.8 Å². The molecule has 0 radical (unpaired) electrons. The van der Waals surface area contributed by atoms with Gasteiger partial charge in [0.15, 0.2) is 0 Å². The summed E-state index contributed by atoms with van der Waals surface area (Å²) in [7, 11) is 0.429. The van der Waals surface area contributed by atoms with E-state index in [1.807, 2.05) is 0 Å². The van der Waals surface area contributed by atoms with E-state index < -0.39 is 0 Å². The maximum Gasteiger partial charge on any atom is -0.0233 e. The Bertz CT molecular complexity index is 255. The molecule has 0 aromatic carbocycles. The van der Waals surface area contributed by atoms with E-state index in [-0.39, 0.29) is 0 Å². The SMILES string of the molecule is CCCC/C=C/C1CCC(C2CCP(C)CC2)CC1. The van der Waals surface area contributed by atoms with Crippen LogP contribution < -0.4 is 0 Å². The van der Waals surface area contributed by atoms with Crippen molar-refractivity contribution >= 4 is 7.92 Å². The molecule has 1 saturated heterocycles. The fraction of sp³-hybridized carbons (Fsp3) is 0.889. The summed E-state index contributed by atoms with van der Waals surface area (Å²) >= 11 is 0. The summed E-state index contributed by atoms with van der Waals surface area (Å²) < 4.78 is 0. The van der Waals surface area contributed by atoms with Gasteiger partial charge in [0.25, 0.3) is 0 Å². The zero-order valence-corrected chi connectivity index (χ0v) is 14.0. The molecule has 1 saturated carbocycles. The molecule has 0 atom stereocenters. The molecular weight excluding hydrogens is 247 g/mol. The van der Waals surface area contributed by atoms with Gasteiger partial charge in [-0.05, 0) is 81.7 Å². The summed E-state index contributed by atoms with van der Waals surface area (Å²) in [5.74, 6) is 3.10. The highest BCUT2D eigenvalue weighted by molar-refractivity contribution is 7.56. The summed E-state index contributed by atoms with van der Waals surface area (Å²) in [6.45, 7) is 4.79. The van der Waals surface area contributed by atoms with Gasteiger partial charge < -0.3 is 0 Å². The molecule has 2 aliphatic rings. The molecule has 19 heavy (non-hydrogen) atoms. The molecule has 1 heterocycles. The molecule has 0 aromatic heterocycles. The quantitative estimate of drug-likeness (QED) is 0.326. The van der Waals surface area contributed by atoms with E-state index in [0.717, 1.165) is 17.8 Å². The van der Waals surface area contributed by atoms with Crippen LogP contribution in [0.25, 0.3) is 0 Å². The maximum atomic E-state index is 2.54. The molecule has 0 spiro atoms. The molecule has 0 amide bonds. The molecule has 0 bridgehead atoms. The van der Waals surface area contributed by atoms with Crippen LogP contribution in [-0.4, -0.2) is 19.0 Å². The lowest BCUT2D eigenvalue weighted by molar-refractivity contribution is 0.211. The average Bonchev–Trinajstić information content (AvgIpc) is 2.45. The summed E-state index contributed by atoms with van der Waals surface area (Å²) in [5.41, 5.74) is 0. The van der Waals surface area contributed by atoms with Crippen LogP contribution in [0.3, 0.4) is 0 Å². The third-order valence-electron chi connectivity index (χ3n) is 5.38. The topological polar surface area (TPSA) is 0 Å². The molecule has 2 fully saturated rings. The lowest BCUT2D eigenvalue weighted by Crippen LogP contribution is -2.25. The molecule has 0 N–H and O–H groups in total. The number of unbranched alkanes of at least 4 members (excludes halogenated alkanes) is 2. The van der Waals surface area contributed by atoms with Gasteiger partial charge in [0, 0.05) is 0 Å².